The number of nitrogens with zero attached hydrogens (tertiary/aromatic N) is 4. The standard InChI is InChI=1S/C20H17FN4S/c21-16-9-6-15(7-10-16)8-11-19-23-24-20(18-5-1-2-12-22-18)25(19)14-17-4-3-13-26-17/h1-7,9-10,12-13H,8,11,14H2. The third kappa shape index (κ3) is 3.70. The van der Waals surface area contributed by atoms with Crippen molar-refractivity contribution in [1.82, 2.24) is 19.7 Å². The largest absolute Gasteiger partial charge is 0.304 e. The first kappa shape index (κ1) is 16.6. The summed E-state index contributed by atoms with van der Waals surface area (Å²) in [7, 11) is 0. The summed E-state index contributed by atoms with van der Waals surface area (Å²) >= 11 is 1.71. The molecule has 0 radical (unpaired) electrons. The molecule has 0 unspecified atom stereocenters. The normalized spacial score (nSPS) is 11.0. The van der Waals surface area contributed by atoms with E-state index < -0.39 is 0 Å². The second-order valence-corrected chi connectivity index (χ2v) is 6.98. The molecular formula is C20H17FN4S. The highest BCUT2D eigenvalue weighted by Crippen LogP contribution is 2.20. The van der Waals surface area contributed by atoms with Gasteiger partial charge in [-0.15, -0.1) is 21.5 Å². The lowest BCUT2D eigenvalue weighted by Crippen LogP contribution is -2.08. The minimum Gasteiger partial charge on any atom is -0.304 e. The fourth-order valence-corrected chi connectivity index (χ4v) is 3.53. The topological polar surface area (TPSA) is 43.6 Å². The van der Waals surface area contributed by atoms with E-state index in [4.69, 9.17) is 0 Å². The van der Waals surface area contributed by atoms with E-state index in [0.717, 1.165) is 42.3 Å². The van der Waals surface area contributed by atoms with Gasteiger partial charge in [0.1, 0.15) is 17.3 Å². The second-order valence-electron chi connectivity index (χ2n) is 5.95. The van der Waals surface area contributed by atoms with Gasteiger partial charge in [0.2, 0.25) is 0 Å². The van der Waals surface area contributed by atoms with Crippen LogP contribution in [0.15, 0.2) is 66.2 Å². The van der Waals surface area contributed by atoms with E-state index in [-0.39, 0.29) is 5.82 Å². The maximum absolute atomic E-state index is 13.1. The van der Waals surface area contributed by atoms with Crippen LogP contribution in [0, 0.1) is 5.82 Å². The first-order valence-electron chi connectivity index (χ1n) is 8.40. The molecule has 0 aliphatic heterocycles. The van der Waals surface area contributed by atoms with Gasteiger partial charge in [-0.1, -0.05) is 24.3 Å². The Kier molecular flexibility index (Phi) is 4.84. The minimum absolute atomic E-state index is 0.216. The van der Waals surface area contributed by atoms with Crippen molar-refractivity contribution >= 4 is 11.3 Å². The summed E-state index contributed by atoms with van der Waals surface area (Å²) in [6.45, 7) is 0.718. The lowest BCUT2D eigenvalue weighted by atomic mass is 10.1. The Hall–Kier alpha value is -2.86. The monoisotopic (exact) mass is 364 g/mol. The molecule has 0 fully saturated rings. The molecule has 0 aliphatic carbocycles. The zero-order chi connectivity index (χ0) is 17.8. The average molecular weight is 364 g/mol. The summed E-state index contributed by atoms with van der Waals surface area (Å²) < 4.78 is 15.2. The molecular weight excluding hydrogens is 347 g/mol. The Labute approximate surface area is 155 Å². The highest BCUT2D eigenvalue weighted by atomic mass is 32.1. The van der Waals surface area contributed by atoms with E-state index >= 15 is 0 Å². The van der Waals surface area contributed by atoms with Crippen LogP contribution in [-0.2, 0) is 19.4 Å². The molecule has 0 N–H and O–H groups in total. The van der Waals surface area contributed by atoms with Crippen LogP contribution in [-0.4, -0.2) is 19.7 Å². The Morgan fingerprint density at radius 2 is 1.81 bits per heavy atom. The SMILES string of the molecule is Fc1ccc(CCc2nnc(-c3ccccn3)n2Cc2cccs2)cc1. The molecule has 1 aromatic carbocycles. The number of pyridine rings is 1. The zero-order valence-corrected chi connectivity index (χ0v) is 14.9. The van der Waals surface area contributed by atoms with Gasteiger partial charge < -0.3 is 4.57 Å². The van der Waals surface area contributed by atoms with Gasteiger partial charge in [-0.05, 0) is 47.7 Å². The van der Waals surface area contributed by atoms with E-state index in [1.807, 2.05) is 36.4 Å². The summed E-state index contributed by atoms with van der Waals surface area (Å²) in [5, 5.41) is 10.9. The molecule has 3 heterocycles. The Balaban J connectivity index is 1.63. The van der Waals surface area contributed by atoms with Crippen molar-refractivity contribution in [3.05, 3.63) is 88.3 Å². The Morgan fingerprint density at radius 3 is 2.54 bits per heavy atom. The quantitative estimate of drug-likeness (QED) is 0.510. The summed E-state index contributed by atoms with van der Waals surface area (Å²) in [6, 6.07) is 16.5. The van der Waals surface area contributed by atoms with E-state index in [9.17, 15) is 4.39 Å². The number of halogens is 1. The molecule has 26 heavy (non-hydrogen) atoms. The molecule has 130 valence electrons. The van der Waals surface area contributed by atoms with E-state index in [2.05, 4.69) is 31.2 Å². The first-order valence-corrected chi connectivity index (χ1v) is 9.28. The summed E-state index contributed by atoms with van der Waals surface area (Å²) in [4.78, 5) is 5.66. The second kappa shape index (κ2) is 7.58. The highest BCUT2D eigenvalue weighted by Gasteiger charge is 2.15. The third-order valence-electron chi connectivity index (χ3n) is 4.17. The summed E-state index contributed by atoms with van der Waals surface area (Å²) in [5.74, 6) is 1.46. The molecule has 4 aromatic rings. The average Bonchev–Trinajstić information content (AvgIpc) is 3.33. The number of aromatic nitrogens is 4. The lowest BCUT2D eigenvalue weighted by molar-refractivity contribution is 0.626. The molecule has 0 atom stereocenters. The van der Waals surface area contributed by atoms with Crippen molar-refractivity contribution in [2.24, 2.45) is 0 Å². The Morgan fingerprint density at radius 1 is 0.923 bits per heavy atom. The number of aryl methyl sites for hydroxylation is 2. The number of hydrogen-bond acceptors (Lipinski definition) is 4. The van der Waals surface area contributed by atoms with Crippen LogP contribution in [0.1, 0.15) is 16.3 Å². The van der Waals surface area contributed by atoms with Gasteiger partial charge in [0.15, 0.2) is 5.82 Å². The highest BCUT2D eigenvalue weighted by molar-refractivity contribution is 7.09. The van der Waals surface area contributed by atoms with Crippen molar-refractivity contribution in [2.45, 2.75) is 19.4 Å². The number of hydrogen-bond donors (Lipinski definition) is 0. The Bertz CT molecular complexity index is 963. The van der Waals surface area contributed by atoms with Crippen molar-refractivity contribution in [1.29, 1.82) is 0 Å². The fraction of sp³-hybridized carbons (Fsp3) is 0.150. The molecule has 0 amide bonds. The van der Waals surface area contributed by atoms with Gasteiger partial charge in [0.05, 0.1) is 6.54 Å². The maximum atomic E-state index is 13.1. The van der Waals surface area contributed by atoms with Crippen LogP contribution in [0.25, 0.3) is 11.5 Å². The maximum Gasteiger partial charge on any atom is 0.182 e. The van der Waals surface area contributed by atoms with Crippen LogP contribution < -0.4 is 0 Å². The molecule has 0 saturated heterocycles. The minimum atomic E-state index is -0.216. The van der Waals surface area contributed by atoms with Crippen LogP contribution >= 0.6 is 11.3 Å². The van der Waals surface area contributed by atoms with Crippen LogP contribution in [0.4, 0.5) is 4.39 Å². The first-order chi connectivity index (χ1) is 12.8. The summed E-state index contributed by atoms with van der Waals surface area (Å²) in [5.41, 5.74) is 1.89. The van der Waals surface area contributed by atoms with Gasteiger partial charge in [-0.3, -0.25) is 4.98 Å². The zero-order valence-electron chi connectivity index (χ0n) is 14.0. The van der Waals surface area contributed by atoms with Crippen molar-refractivity contribution in [3.63, 3.8) is 0 Å². The van der Waals surface area contributed by atoms with E-state index in [1.54, 1.807) is 17.5 Å². The fourth-order valence-electron chi connectivity index (χ4n) is 2.84. The number of rotatable bonds is 6. The van der Waals surface area contributed by atoms with Crippen molar-refractivity contribution in [3.8, 4) is 11.5 Å². The summed E-state index contributed by atoms with van der Waals surface area (Å²) in [6.07, 6.45) is 3.28. The number of thiophene rings is 1. The van der Waals surface area contributed by atoms with Crippen LogP contribution in [0.5, 0.6) is 0 Å². The molecule has 4 rings (SSSR count). The van der Waals surface area contributed by atoms with Gasteiger partial charge in [0, 0.05) is 17.5 Å². The van der Waals surface area contributed by atoms with Crippen molar-refractivity contribution < 1.29 is 4.39 Å². The predicted molar refractivity (Wildman–Crippen MR) is 100 cm³/mol. The smallest absolute Gasteiger partial charge is 0.182 e. The van der Waals surface area contributed by atoms with Gasteiger partial charge in [0.25, 0.3) is 0 Å². The van der Waals surface area contributed by atoms with E-state index in [1.165, 1.54) is 17.0 Å². The number of benzene rings is 1. The van der Waals surface area contributed by atoms with Gasteiger partial charge in [-0.25, -0.2) is 4.39 Å². The molecule has 3 aromatic heterocycles. The molecule has 6 heteroatoms. The van der Waals surface area contributed by atoms with Crippen LogP contribution in [0.2, 0.25) is 0 Å². The molecule has 4 nitrogen and oxygen atoms in total. The van der Waals surface area contributed by atoms with Gasteiger partial charge in [-0.2, -0.15) is 0 Å². The van der Waals surface area contributed by atoms with Crippen LogP contribution in [0.3, 0.4) is 0 Å². The lowest BCUT2D eigenvalue weighted by Gasteiger charge is -2.09. The van der Waals surface area contributed by atoms with Crippen molar-refractivity contribution in [2.75, 3.05) is 0 Å². The molecule has 0 aliphatic rings. The molecule has 0 bridgehead atoms. The van der Waals surface area contributed by atoms with E-state index in [0.29, 0.717) is 0 Å². The predicted octanol–water partition coefficient (Wildman–Crippen LogP) is 4.37. The van der Waals surface area contributed by atoms with Gasteiger partial charge >= 0.3 is 0 Å². The third-order valence-corrected chi connectivity index (χ3v) is 5.03. The molecule has 0 spiro atoms. The molecule has 0 saturated carbocycles.